The third-order valence-corrected chi connectivity index (χ3v) is 8.03. The summed E-state index contributed by atoms with van der Waals surface area (Å²) in [5.41, 5.74) is 3.72. The molecule has 1 aliphatic heterocycles. The third-order valence-electron chi connectivity index (χ3n) is 8.03. The molecule has 7 nitrogen and oxygen atoms in total. The Morgan fingerprint density at radius 2 is 1.91 bits per heavy atom. The van der Waals surface area contributed by atoms with Crippen molar-refractivity contribution in [2.75, 3.05) is 19.7 Å². The normalized spacial score (nSPS) is 20.1. The van der Waals surface area contributed by atoms with Gasteiger partial charge in [-0.25, -0.2) is 15.0 Å². The van der Waals surface area contributed by atoms with Gasteiger partial charge in [-0.3, -0.25) is 9.88 Å². The van der Waals surface area contributed by atoms with Crippen LogP contribution in [0.4, 0.5) is 0 Å². The van der Waals surface area contributed by atoms with Crippen LogP contribution in [-0.2, 0) is 23.7 Å². The van der Waals surface area contributed by atoms with Gasteiger partial charge >= 0.3 is 0 Å². The molecule has 1 saturated heterocycles. The van der Waals surface area contributed by atoms with E-state index in [-0.39, 0.29) is 16.6 Å². The maximum atomic E-state index is 6.39. The highest BCUT2D eigenvalue weighted by molar-refractivity contribution is 5.69. The van der Waals surface area contributed by atoms with E-state index in [1.807, 2.05) is 19.3 Å². The number of likely N-dealkylation sites (tertiary alicyclic amines) is 1. The van der Waals surface area contributed by atoms with Crippen LogP contribution in [0.25, 0.3) is 11.2 Å². The van der Waals surface area contributed by atoms with E-state index in [0.29, 0.717) is 6.61 Å². The van der Waals surface area contributed by atoms with E-state index in [9.17, 15) is 0 Å². The summed E-state index contributed by atoms with van der Waals surface area (Å²) in [4.78, 5) is 20.5. The first-order valence-corrected chi connectivity index (χ1v) is 12.0. The molecule has 0 amide bonds. The Morgan fingerprint density at radius 3 is 2.58 bits per heavy atom. The second kappa shape index (κ2) is 8.76. The number of nitrogens with zero attached hydrogens (tertiary/aromatic N) is 6. The lowest BCUT2D eigenvalue weighted by molar-refractivity contribution is -0.110. The zero-order valence-electron chi connectivity index (χ0n) is 21.2. The van der Waals surface area contributed by atoms with E-state index < -0.39 is 0 Å². The largest absolute Gasteiger partial charge is 0.375 e. The first kappa shape index (κ1) is 23.8. The summed E-state index contributed by atoms with van der Waals surface area (Å²) >= 11 is 0. The summed E-state index contributed by atoms with van der Waals surface area (Å²) in [6, 6.07) is 4.33. The number of ether oxygens (including phenoxy) is 1. The number of hydrogen-bond donors (Lipinski definition) is 0. The van der Waals surface area contributed by atoms with E-state index in [4.69, 9.17) is 9.72 Å². The lowest BCUT2D eigenvalue weighted by Crippen LogP contribution is -2.50. The Labute approximate surface area is 197 Å². The number of aromatic nitrogens is 5. The predicted molar refractivity (Wildman–Crippen MR) is 131 cm³/mol. The van der Waals surface area contributed by atoms with Gasteiger partial charge in [-0.05, 0) is 72.6 Å². The van der Waals surface area contributed by atoms with Crippen LogP contribution in [0.5, 0.6) is 0 Å². The number of fused-ring (bicyclic) bond motifs is 1. The quantitative estimate of drug-likeness (QED) is 0.505. The highest BCUT2D eigenvalue weighted by Gasteiger charge is 2.52. The Kier molecular flexibility index (Phi) is 6.31. The molecule has 0 unspecified atom stereocenters. The van der Waals surface area contributed by atoms with Gasteiger partial charge in [0.1, 0.15) is 17.7 Å². The Bertz CT molecular complexity index is 1100. The standard InChI is InChI=1S/C26H38N6O/c1-8-33-25(5,6)26(12-11-22-30-23-21(31(22)7)16-27-18-29-23)13-14-32(17-26)24(3,4)20-10-9-19(2)28-15-20/h9-10,15-16,18H,8,11-14,17H2,1-7H3/t26-/m1/s1. The molecule has 3 aromatic rings. The van der Waals surface area contributed by atoms with E-state index in [1.54, 1.807) is 6.33 Å². The molecule has 0 radical (unpaired) electrons. The molecule has 178 valence electrons. The van der Waals surface area contributed by atoms with Gasteiger partial charge in [0.15, 0.2) is 5.65 Å². The molecular weight excluding hydrogens is 412 g/mol. The minimum absolute atomic E-state index is 0.0161. The second-order valence-corrected chi connectivity index (χ2v) is 10.5. The van der Waals surface area contributed by atoms with Crippen molar-refractivity contribution in [2.45, 2.75) is 71.9 Å². The van der Waals surface area contributed by atoms with Gasteiger partial charge in [-0.15, -0.1) is 0 Å². The maximum Gasteiger partial charge on any atom is 0.180 e. The molecule has 4 heterocycles. The van der Waals surface area contributed by atoms with Crippen LogP contribution in [0, 0.1) is 12.3 Å². The molecule has 0 bridgehead atoms. The van der Waals surface area contributed by atoms with Crippen LogP contribution in [-0.4, -0.2) is 54.7 Å². The zero-order chi connectivity index (χ0) is 23.9. The lowest BCUT2D eigenvalue weighted by Gasteiger charge is -2.46. The minimum Gasteiger partial charge on any atom is -0.375 e. The average Bonchev–Trinajstić information content (AvgIpc) is 3.36. The van der Waals surface area contributed by atoms with E-state index in [2.05, 4.69) is 78.2 Å². The Balaban J connectivity index is 1.61. The SMILES string of the molecule is CCOC(C)(C)[C@]1(CCc2nc3ncncc3n2C)CCN(C(C)(C)c2ccc(C)nc2)C1. The first-order valence-electron chi connectivity index (χ1n) is 12.0. The highest BCUT2D eigenvalue weighted by Crippen LogP contribution is 2.49. The fourth-order valence-electron chi connectivity index (χ4n) is 5.42. The lowest BCUT2D eigenvalue weighted by atomic mass is 9.69. The van der Waals surface area contributed by atoms with E-state index in [1.165, 1.54) is 5.56 Å². The zero-order valence-corrected chi connectivity index (χ0v) is 21.2. The molecule has 0 aromatic carbocycles. The maximum absolute atomic E-state index is 6.39. The van der Waals surface area contributed by atoms with Crippen LogP contribution >= 0.6 is 0 Å². The number of hydrogen-bond acceptors (Lipinski definition) is 6. The van der Waals surface area contributed by atoms with Gasteiger partial charge < -0.3 is 9.30 Å². The fourth-order valence-corrected chi connectivity index (χ4v) is 5.42. The Hall–Kier alpha value is -2.38. The number of imidazole rings is 1. The number of rotatable bonds is 8. The van der Waals surface area contributed by atoms with Crippen LogP contribution in [0.2, 0.25) is 0 Å². The molecule has 0 N–H and O–H groups in total. The fraction of sp³-hybridized carbons (Fsp3) is 0.615. The molecule has 0 aliphatic carbocycles. The van der Waals surface area contributed by atoms with Crippen molar-refractivity contribution >= 4 is 11.2 Å². The van der Waals surface area contributed by atoms with Gasteiger partial charge in [0.25, 0.3) is 0 Å². The van der Waals surface area contributed by atoms with E-state index >= 15 is 0 Å². The molecular formula is C26H38N6O. The topological polar surface area (TPSA) is 69.0 Å². The molecule has 1 atom stereocenters. The summed E-state index contributed by atoms with van der Waals surface area (Å²) in [6.07, 6.45) is 8.41. The molecule has 0 saturated carbocycles. The van der Waals surface area contributed by atoms with Gasteiger partial charge in [0.2, 0.25) is 0 Å². The van der Waals surface area contributed by atoms with Crippen molar-refractivity contribution in [2.24, 2.45) is 12.5 Å². The summed E-state index contributed by atoms with van der Waals surface area (Å²) in [6.45, 7) is 16.0. The Morgan fingerprint density at radius 1 is 1.12 bits per heavy atom. The van der Waals surface area contributed by atoms with Crippen molar-refractivity contribution in [1.29, 1.82) is 0 Å². The molecule has 1 fully saturated rings. The molecule has 0 spiro atoms. The van der Waals surface area contributed by atoms with Gasteiger partial charge in [-0.2, -0.15) is 0 Å². The van der Waals surface area contributed by atoms with Crippen LogP contribution < -0.4 is 0 Å². The predicted octanol–water partition coefficient (Wildman–Crippen LogP) is 4.44. The molecule has 3 aromatic heterocycles. The van der Waals surface area contributed by atoms with Crippen molar-refractivity contribution < 1.29 is 4.74 Å². The summed E-state index contributed by atoms with van der Waals surface area (Å²) in [5.74, 6) is 1.05. The average molecular weight is 451 g/mol. The first-order chi connectivity index (χ1) is 15.6. The number of pyridine rings is 1. The van der Waals surface area contributed by atoms with Gasteiger partial charge in [-0.1, -0.05) is 6.07 Å². The number of aryl methyl sites for hydroxylation is 3. The molecule has 7 heteroatoms. The molecule has 33 heavy (non-hydrogen) atoms. The highest BCUT2D eigenvalue weighted by atomic mass is 16.5. The van der Waals surface area contributed by atoms with Crippen LogP contribution in [0.15, 0.2) is 30.9 Å². The van der Waals surface area contributed by atoms with Crippen molar-refractivity contribution in [3.63, 3.8) is 0 Å². The van der Waals surface area contributed by atoms with Gasteiger partial charge in [0.05, 0.1) is 11.8 Å². The molecule has 4 rings (SSSR count). The summed E-state index contributed by atoms with van der Waals surface area (Å²) in [7, 11) is 2.06. The van der Waals surface area contributed by atoms with Crippen LogP contribution in [0.1, 0.15) is 64.5 Å². The second-order valence-electron chi connectivity index (χ2n) is 10.5. The monoisotopic (exact) mass is 450 g/mol. The third kappa shape index (κ3) is 4.28. The summed E-state index contributed by atoms with van der Waals surface area (Å²) in [5, 5.41) is 0. The van der Waals surface area contributed by atoms with Crippen molar-refractivity contribution in [1.82, 2.24) is 29.4 Å². The van der Waals surface area contributed by atoms with Crippen molar-refractivity contribution in [3.8, 4) is 0 Å². The van der Waals surface area contributed by atoms with Gasteiger partial charge in [0, 0.05) is 49.5 Å². The van der Waals surface area contributed by atoms with E-state index in [0.717, 1.165) is 55.0 Å². The molecule has 1 aliphatic rings. The minimum atomic E-state index is -0.248. The smallest absolute Gasteiger partial charge is 0.180 e. The summed E-state index contributed by atoms with van der Waals surface area (Å²) < 4.78 is 8.52. The van der Waals surface area contributed by atoms with Crippen LogP contribution in [0.3, 0.4) is 0 Å². The van der Waals surface area contributed by atoms with Crippen molar-refractivity contribution in [3.05, 3.63) is 47.9 Å².